The Bertz CT molecular complexity index is 718. The van der Waals surface area contributed by atoms with Gasteiger partial charge in [-0.3, -0.25) is 9.89 Å². The van der Waals surface area contributed by atoms with Crippen molar-refractivity contribution in [1.29, 1.82) is 0 Å². The number of aromatic amines is 1. The lowest BCUT2D eigenvalue weighted by atomic mass is 10.1. The Morgan fingerprint density at radius 2 is 1.95 bits per heavy atom. The molecule has 2 aromatic carbocycles. The number of carbonyl (C=O) groups is 1. The molecule has 0 fully saturated rings. The average Bonchev–Trinajstić information content (AvgIpc) is 2.94. The quantitative estimate of drug-likeness (QED) is 0.761. The van der Waals surface area contributed by atoms with Gasteiger partial charge in [0, 0.05) is 23.7 Å². The van der Waals surface area contributed by atoms with E-state index in [1.807, 2.05) is 48.5 Å². The molecule has 0 spiro atoms. The van der Waals surface area contributed by atoms with Crippen molar-refractivity contribution in [2.24, 2.45) is 0 Å². The first kappa shape index (κ1) is 11.5. The number of nitrogens with one attached hydrogen (secondary N) is 1. The number of benzene rings is 2. The molecule has 1 N–H and O–H groups in total. The molecule has 94 valence electrons. The molecule has 0 radical (unpaired) electrons. The van der Waals surface area contributed by atoms with Crippen LogP contribution in [0.25, 0.3) is 10.9 Å². The van der Waals surface area contributed by atoms with Crippen molar-refractivity contribution < 1.29 is 4.79 Å². The van der Waals surface area contributed by atoms with Gasteiger partial charge >= 0.3 is 0 Å². The molecule has 0 saturated carbocycles. The van der Waals surface area contributed by atoms with E-state index in [1.54, 1.807) is 18.1 Å². The van der Waals surface area contributed by atoms with Crippen molar-refractivity contribution in [1.82, 2.24) is 10.2 Å². The number of hydrogen-bond donors (Lipinski definition) is 1. The third-order valence-electron chi connectivity index (χ3n) is 3.14. The molecule has 0 aliphatic rings. The lowest BCUT2D eigenvalue weighted by Gasteiger charge is -2.17. The molecule has 3 rings (SSSR count). The Balaban J connectivity index is 1.95. The number of nitrogens with zero attached hydrogens (tertiary/aromatic N) is 2. The number of hydrogen-bond acceptors (Lipinski definition) is 2. The molecule has 0 atom stereocenters. The SMILES string of the molecule is CN(C(=O)c1ccc2cn[nH]c2c1)c1ccccc1. The lowest BCUT2D eigenvalue weighted by molar-refractivity contribution is 0.0993. The second-order valence-corrected chi connectivity index (χ2v) is 4.37. The fourth-order valence-corrected chi connectivity index (χ4v) is 2.03. The first-order valence-electron chi connectivity index (χ1n) is 6.02. The summed E-state index contributed by atoms with van der Waals surface area (Å²) in [6.45, 7) is 0. The van der Waals surface area contributed by atoms with E-state index in [1.165, 1.54) is 0 Å². The minimum atomic E-state index is -0.0392. The van der Waals surface area contributed by atoms with Crippen LogP contribution in [0, 0.1) is 0 Å². The van der Waals surface area contributed by atoms with Gasteiger partial charge in [-0.15, -0.1) is 0 Å². The molecular formula is C15H13N3O. The highest BCUT2D eigenvalue weighted by Gasteiger charge is 2.13. The average molecular weight is 251 g/mol. The lowest BCUT2D eigenvalue weighted by Crippen LogP contribution is -2.26. The van der Waals surface area contributed by atoms with Gasteiger partial charge in [-0.1, -0.05) is 24.3 Å². The van der Waals surface area contributed by atoms with Gasteiger partial charge < -0.3 is 4.90 Å². The third-order valence-corrected chi connectivity index (χ3v) is 3.14. The monoisotopic (exact) mass is 251 g/mol. The standard InChI is InChI=1S/C15H13N3O/c1-18(13-5-3-2-4-6-13)15(19)11-7-8-12-10-16-17-14(12)9-11/h2-10H,1H3,(H,16,17). The van der Waals surface area contributed by atoms with E-state index in [2.05, 4.69) is 10.2 Å². The smallest absolute Gasteiger partial charge is 0.258 e. The van der Waals surface area contributed by atoms with Crippen LogP contribution in [0.1, 0.15) is 10.4 Å². The maximum atomic E-state index is 12.4. The van der Waals surface area contributed by atoms with Crippen LogP contribution >= 0.6 is 0 Å². The fourth-order valence-electron chi connectivity index (χ4n) is 2.03. The largest absolute Gasteiger partial charge is 0.311 e. The molecule has 3 aromatic rings. The van der Waals surface area contributed by atoms with Crippen LogP contribution in [-0.2, 0) is 0 Å². The van der Waals surface area contributed by atoms with Crippen LogP contribution in [-0.4, -0.2) is 23.2 Å². The van der Waals surface area contributed by atoms with Gasteiger partial charge in [0.2, 0.25) is 0 Å². The summed E-state index contributed by atoms with van der Waals surface area (Å²) in [6, 6.07) is 15.1. The topological polar surface area (TPSA) is 49.0 Å². The number of aromatic nitrogens is 2. The zero-order valence-electron chi connectivity index (χ0n) is 10.5. The van der Waals surface area contributed by atoms with Crippen LogP contribution in [0.2, 0.25) is 0 Å². The summed E-state index contributed by atoms with van der Waals surface area (Å²) in [7, 11) is 1.77. The van der Waals surface area contributed by atoms with E-state index in [0.717, 1.165) is 16.6 Å². The van der Waals surface area contributed by atoms with E-state index in [-0.39, 0.29) is 5.91 Å². The molecule has 0 unspecified atom stereocenters. The number of carbonyl (C=O) groups excluding carboxylic acids is 1. The molecular weight excluding hydrogens is 238 g/mol. The zero-order chi connectivity index (χ0) is 13.2. The summed E-state index contributed by atoms with van der Waals surface area (Å²) in [5, 5.41) is 7.83. The number of fused-ring (bicyclic) bond motifs is 1. The van der Waals surface area contributed by atoms with Gasteiger partial charge in [0.1, 0.15) is 0 Å². The minimum absolute atomic E-state index is 0.0392. The van der Waals surface area contributed by atoms with E-state index in [0.29, 0.717) is 5.56 Å². The summed E-state index contributed by atoms with van der Waals surface area (Å²) in [4.78, 5) is 14.0. The van der Waals surface area contributed by atoms with E-state index in [9.17, 15) is 4.79 Å². The highest BCUT2D eigenvalue weighted by Crippen LogP contribution is 2.17. The Morgan fingerprint density at radius 1 is 1.16 bits per heavy atom. The summed E-state index contributed by atoms with van der Waals surface area (Å²) in [5.41, 5.74) is 2.38. The first-order chi connectivity index (χ1) is 9.25. The van der Waals surface area contributed by atoms with Crippen LogP contribution in [0.4, 0.5) is 5.69 Å². The van der Waals surface area contributed by atoms with Crippen LogP contribution in [0.3, 0.4) is 0 Å². The third kappa shape index (κ3) is 2.08. The maximum Gasteiger partial charge on any atom is 0.258 e. The molecule has 4 nitrogen and oxygen atoms in total. The van der Waals surface area contributed by atoms with Gasteiger partial charge in [-0.05, 0) is 24.3 Å². The molecule has 1 amide bonds. The van der Waals surface area contributed by atoms with Crippen molar-refractivity contribution in [3.63, 3.8) is 0 Å². The molecule has 1 heterocycles. The Labute approximate surface area is 110 Å². The second-order valence-electron chi connectivity index (χ2n) is 4.37. The molecule has 0 saturated heterocycles. The Hall–Kier alpha value is -2.62. The number of amides is 1. The highest BCUT2D eigenvalue weighted by molar-refractivity contribution is 6.07. The number of para-hydroxylation sites is 1. The van der Waals surface area contributed by atoms with E-state index < -0.39 is 0 Å². The number of rotatable bonds is 2. The van der Waals surface area contributed by atoms with Crippen molar-refractivity contribution >= 4 is 22.5 Å². The van der Waals surface area contributed by atoms with Crippen molar-refractivity contribution in [3.8, 4) is 0 Å². The maximum absolute atomic E-state index is 12.4. The molecule has 0 aliphatic carbocycles. The first-order valence-corrected chi connectivity index (χ1v) is 6.02. The van der Waals surface area contributed by atoms with Crippen LogP contribution in [0.5, 0.6) is 0 Å². The molecule has 0 aliphatic heterocycles. The van der Waals surface area contributed by atoms with Crippen molar-refractivity contribution in [3.05, 3.63) is 60.3 Å². The van der Waals surface area contributed by atoms with Gasteiger partial charge in [-0.25, -0.2) is 0 Å². The summed E-state index contributed by atoms with van der Waals surface area (Å²) in [5.74, 6) is -0.0392. The number of H-pyrrole nitrogens is 1. The predicted octanol–water partition coefficient (Wildman–Crippen LogP) is 2.84. The van der Waals surface area contributed by atoms with Crippen molar-refractivity contribution in [2.45, 2.75) is 0 Å². The van der Waals surface area contributed by atoms with Gasteiger partial charge in [-0.2, -0.15) is 5.10 Å². The predicted molar refractivity (Wildman–Crippen MR) is 75.3 cm³/mol. The van der Waals surface area contributed by atoms with Crippen molar-refractivity contribution in [2.75, 3.05) is 11.9 Å². The second kappa shape index (κ2) is 4.57. The molecule has 19 heavy (non-hydrogen) atoms. The molecule has 1 aromatic heterocycles. The number of anilines is 1. The minimum Gasteiger partial charge on any atom is -0.311 e. The van der Waals surface area contributed by atoms with Gasteiger partial charge in [0.25, 0.3) is 5.91 Å². The summed E-state index contributed by atoms with van der Waals surface area (Å²) < 4.78 is 0. The van der Waals surface area contributed by atoms with Gasteiger partial charge in [0.15, 0.2) is 0 Å². The Morgan fingerprint density at radius 3 is 2.74 bits per heavy atom. The Kier molecular flexibility index (Phi) is 2.76. The van der Waals surface area contributed by atoms with Crippen LogP contribution in [0.15, 0.2) is 54.7 Å². The van der Waals surface area contributed by atoms with Crippen LogP contribution < -0.4 is 4.90 Å². The normalized spacial score (nSPS) is 10.6. The molecule has 0 bridgehead atoms. The summed E-state index contributed by atoms with van der Waals surface area (Å²) in [6.07, 6.45) is 1.74. The van der Waals surface area contributed by atoms with E-state index >= 15 is 0 Å². The van der Waals surface area contributed by atoms with E-state index in [4.69, 9.17) is 0 Å². The molecule has 4 heteroatoms. The van der Waals surface area contributed by atoms with Gasteiger partial charge in [0.05, 0.1) is 11.7 Å². The highest BCUT2D eigenvalue weighted by atomic mass is 16.2. The fraction of sp³-hybridized carbons (Fsp3) is 0.0667. The summed E-state index contributed by atoms with van der Waals surface area (Å²) >= 11 is 0. The zero-order valence-corrected chi connectivity index (χ0v) is 10.5.